The molecule has 0 bridgehead atoms. The smallest absolute Gasteiger partial charge is 0.255 e. The van der Waals surface area contributed by atoms with E-state index >= 15 is 0 Å². The van der Waals surface area contributed by atoms with Gasteiger partial charge in [-0.2, -0.15) is 0 Å². The lowest BCUT2D eigenvalue weighted by Crippen LogP contribution is -2.61. The van der Waals surface area contributed by atoms with Crippen LogP contribution in [0.15, 0.2) is 30.7 Å². The van der Waals surface area contributed by atoms with Crippen molar-refractivity contribution in [3.63, 3.8) is 0 Å². The van der Waals surface area contributed by atoms with E-state index in [1.165, 1.54) is 32.1 Å². The lowest BCUT2D eigenvalue weighted by atomic mass is 9.86. The maximum atomic E-state index is 12.5. The SMILES string of the molecule is O=C(c1cccnc1)N1CC2(C1)OCc1nc(C3CCCCC3)ncc12. The van der Waals surface area contributed by atoms with Crippen LogP contribution in [0.4, 0.5) is 0 Å². The summed E-state index contributed by atoms with van der Waals surface area (Å²) < 4.78 is 6.09. The first-order chi connectivity index (χ1) is 12.8. The molecule has 6 heteroatoms. The fraction of sp³-hybridized carbons (Fsp3) is 0.500. The molecular weight excluding hydrogens is 328 g/mol. The molecule has 0 aromatic carbocycles. The Bertz CT molecular complexity index is 827. The van der Waals surface area contributed by atoms with E-state index in [0.29, 0.717) is 31.2 Å². The van der Waals surface area contributed by atoms with E-state index in [9.17, 15) is 4.79 Å². The van der Waals surface area contributed by atoms with Crippen molar-refractivity contribution in [1.82, 2.24) is 19.9 Å². The first-order valence-electron chi connectivity index (χ1n) is 9.45. The van der Waals surface area contributed by atoms with Crippen molar-refractivity contribution in [3.05, 3.63) is 53.4 Å². The molecule has 0 unspecified atom stereocenters. The van der Waals surface area contributed by atoms with E-state index in [-0.39, 0.29) is 5.91 Å². The van der Waals surface area contributed by atoms with Gasteiger partial charge in [-0.1, -0.05) is 19.3 Å². The number of carbonyl (C=O) groups excluding carboxylic acids is 1. The van der Waals surface area contributed by atoms with Gasteiger partial charge in [0.1, 0.15) is 11.4 Å². The number of amides is 1. The number of rotatable bonds is 2. The molecule has 1 spiro atoms. The van der Waals surface area contributed by atoms with E-state index in [2.05, 4.69) is 9.97 Å². The maximum Gasteiger partial charge on any atom is 0.255 e. The average molecular weight is 350 g/mol. The Morgan fingerprint density at radius 1 is 1.19 bits per heavy atom. The molecule has 1 saturated heterocycles. The molecule has 0 N–H and O–H groups in total. The standard InChI is InChI=1S/C20H22N4O2/c25-19(15-7-4-8-21-9-15)24-12-20(13-24)16-10-22-18(23-17(16)11-26-20)14-5-2-1-3-6-14/h4,7-10,14H,1-3,5-6,11-13H2. The summed E-state index contributed by atoms with van der Waals surface area (Å²) in [5.74, 6) is 1.47. The van der Waals surface area contributed by atoms with Gasteiger partial charge in [0.15, 0.2) is 0 Å². The van der Waals surface area contributed by atoms with Crippen LogP contribution in [0.2, 0.25) is 0 Å². The zero-order valence-electron chi connectivity index (χ0n) is 14.7. The van der Waals surface area contributed by atoms with Crippen molar-refractivity contribution in [3.8, 4) is 0 Å². The number of aromatic nitrogens is 3. The van der Waals surface area contributed by atoms with Crippen LogP contribution >= 0.6 is 0 Å². The third-order valence-electron chi connectivity index (χ3n) is 5.92. The Balaban J connectivity index is 1.33. The van der Waals surface area contributed by atoms with Crippen molar-refractivity contribution in [2.45, 2.75) is 50.2 Å². The molecule has 2 aliphatic heterocycles. The molecule has 4 heterocycles. The van der Waals surface area contributed by atoms with Crippen LogP contribution in [0, 0.1) is 0 Å². The van der Waals surface area contributed by atoms with Gasteiger partial charge in [-0.3, -0.25) is 9.78 Å². The number of carbonyl (C=O) groups is 1. The van der Waals surface area contributed by atoms with Gasteiger partial charge in [0.2, 0.25) is 0 Å². The second kappa shape index (κ2) is 6.13. The number of pyridine rings is 1. The van der Waals surface area contributed by atoms with Gasteiger partial charge in [0.25, 0.3) is 5.91 Å². The molecule has 26 heavy (non-hydrogen) atoms. The molecule has 0 atom stereocenters. The van der Waals surface area contributed by atoms with E-state index in [1.807, 2.05) is 6.20 Å². The van der Waals surface area contributed by atoms with E-state index in [0.717, 1.165) is 17.1 Å². The van der Waals surface area contributed by atoms with Crippen molar-refractivity contribution < 1.29 is 9.53 Å². The van der Waals surface area contributed by atoms with Crippen LogP contribution < -0.4 is 0 Å². The summed E-state index contributed by atoms with van der Waals surface area (Å²) in [5, 5.41) is 0. The van der Waals surface area contributed by atoms with Gasteiger partial charge in [0, 0.05) is 30.1 Å². The summed E-state index contributed by atoms with van der Waals surface area (Å²) in [7, 11) is 0. The van der Waals surface area contributed by atoms with Crippen molar-refractivity contribution >= 4 is 5.91 Å². The number of likely N-dealkylation sites (tertiary alicyclic amines) is 1. The van der Waals surface area contributed by atoms with Crippen LogP contribution in [-0.2, 0) is 16.9 Å². The minimum Gasteiger partial charge on any atom is -0.360 e. The summed E-state index contributed by atoms with van der Waals surface area (Å²) in [6.45, 7) is 1.63. The minimum absolute atomic E-state index is 0.000481. The van der Waals surface area contributed by atoms with E-state index in [1.54, 1.807) is 29.4 Å². The van der Waals surface area contributed by atoms with Gasteiger partial charge < -0.3 is 9.64 Å². The second-order valence-corrected chi connectivity index (χ2v) is 7.61. The molecule has 5 rings (SSSR count). The van der Waals surface area contributed by atoms with Gasteiger partial charge in [-0.15, -0.1) is 0 Å². The largest absolute Gasteiger partial charge is 0.360 e. The summed E-state index contributed by atoms with van der Waals surface area (Å²) in [4.78, 5) is 27.9. The lowest BCUT2D eigenvalue weighted by molar-refractivity contribution is -0.126. The molecular formula is C20H22N4O2. The number of hydrogen-bond acceptors (Lipinski definition) is 5. The molecule has 2 aromatic rings. The third-order valence-corrected chi connectivity index (χ3v) is 5.92. The fourth-order valence-corrected chi connectivity index (χ4v) is 4.41. The Hall–Kier alpha value is -2.34. The second-order valence-electron chi connectivity index (χ2n) is 7.61. The lowest BCUT2D eigenvalue weighted by Gasteiger charge is -2.47. The zero-order valence-corrected chi connectivity index (χ0v) is 14.7. The van der Waals surface area contributed by atoms with Crippen LogP contribution in [0.3, 0.4) is 0 Å². The Morgan fingerprint density at radius 2 is 2.04 bits per heavy atom. The summed E-state index contributed by atoms with van der Waals surface area (Å²) in [5.41, 5.74) is 2.27. The Morgan fingerprint density at radius 3 is 2.81 bits per heavy atom. The molecule has 2 aromatic heterocycles. The van der Waals surface area contributed by atoms with Crippen molar-refractivity contribution in [2.75, 3.05) is 13.1 Å². The van der Waals surface area contributed by atoms with E-state index in [4.69, 9.17) is 9.72 Å². The first kappa shape index (κ1) is 15.9. The number of hydrogen-bond donors (Lipinski definition) is 0. The van der Waals surface area contributed by atoms with Crippen molar-refractivity contribution in [2.24, 2.45) is 0 Å². The monoisotopic (exact) mass is 350 g/mol. The zero-order chi connectivity index (χ0) is 17.6. The highest BCUT2D eigenvalue weighted by atomic mass is 16.5. The highest BCUT2D eigenvalue weighted by Gasteiger charge is 2.52. The predicted octanol–water partition coefficient (Wildman–Crippen LogP) is 2.80. The molecule has 134 valence electrons. The molecule has 1 amide bonds. The molecule has 2 fully saturated rings. The highest BCUT2D eigenvalue weighted by Crippen LogP contribution is 2.43. The molecule has 0 radical (unpaired) electrons. The van der Waals surface area contributed by atoms with Crippen LogP contribution in [-0.4, -0.2) is 38.8 Å². The molecule has 6 nitrogen and oxygen atoms in total. The third kappa shape index (κ3) is 2.51. The first-order valence-corrected chi connectivity index (χ1v) is 9.45. The van der Waals surface area contributed by atoms with Gasteiger partial charge in [-0.25, -0.2) is 9.97 Å². The van der Waals surface area contributed by atoms with Crippen molar-refractivity contribution in [1.29, 1.82) is 0 Å². The summed E-state index contributed by atoms with van der Waals surface area (Å²) >= 11 is 0. The van der Waals surface area contributed by atoms with Crippen LogP contribution in [0.1, 0.15) is 65.5 Å². The molecule has 1 aliphatic carbocycles. The predicted molar refractivity (Wildman–Crippen MR) is 94.5 cm³/mol. The fourth-order valence-electron chi connectivity index (χ4n) is 4.41. The van der Waals surface area contributed by atoms with Gasteiger partial charge in [-0.05, 0) is 25.0 Å². The summed E-state index contributed by atoms with van der Waals surface area (Å²) in [6, 6.07) is 3.58. The average Bonchev–Trinajstić information content (AvgIpc) is 3.07. The van der Waals surface area contributed by atoms with Crippen LogP contribution in [0.25, 0.3) is 0 Å². The number of fused-ring (bicyclic) bond motifs is 2. The quantitative estimate of drug-likeness (QED) is 0.833. The van der Waals surface area contributed by atoms with E-state index < -0.39 is 5.60 Å². The van der Waals surface area contributed by atoms with Gasteiger partial charge >= 0.3 is 0 Å². The topological polar surface area (TPSA) is 68.2 Å². The minimum atomic E-state index is -0.418. The Kier molecular flexibility index (Phi) is 3.74. The Labute approximate surface area is 152 Å². The highest BCUT2D eigenvalue weighted by molar-refractivity contribution is 5.94. The number of nitrogens with zero attached hydrogens (tertiary/aromatic N) is 4. The van der Waals surface area contributed by atoms with Gasteiger partial charge in [0.05, 0.1) is 31.0 Å². The van der Waals surface area contributed by atoms with Crippen LogP contribution in [0.5, 0.6) is 0 Å². The summed E-state index contributed by atoms with van der Waals surface area (Å²) in [6.07, 6.45) is 11.5. The maximum absolute atomic E-state index is 12.5. The normalized spacial score (nSPS) is 21.5. The number of ether oxygens (including phenoxy) is 1. The molecule has 3 aliphatic rings. The molecule has 1 saturated carbocycles.